The lowest BCUT2D eigenvalue weighted by molar-refractivity contribution is -0.113. The van der Waals surface area contributed by atoms with Crippen LogP contribution in [0.3, 0.4) is 0 Å². The third-order valence-corrected chi connectivity index (χ3v) is 8.36. The monoisotopic (exact) mass is 560 g/mol. The van der Waals surface area contributed by atoms with Gasteiger partial charge in [0.05, 0.1) is 18.4 Å². The molecule has 0 spiro atoms. The van der Waals surface area contributed by atoms with Crippen LogP contribution in [0, 0.1) is 0 Å². The number of nitrogens with one attached hydrogen (secondary N) is 1. The number of amides is 1. The van der Waals surface area contributed by atoms with Gasteiger partial charge in [0.2, 0.25) is 5.91 Å². The minimum Gasteiger partial charge on any atom is -0.486 e. The lowest BCUT2D eigenvalue weighted by Gasteiger charge is -2.11. The number of thiophene rings is 1. The smallest absolute Gasteiger partial charge is 0.341 e. The Bertz CT molecular complexity index is 1260. The van der Waals surface area contributed by atoms with Crippen molar-refractivity contribution in [1.82, 2.24) is 14.8 Å². The highest BCUT2D eigenvalue weighted by atomic mass is 35.5. The Morgan fingerprint density at radius 3 is 2.68 bits per heavy atom. The lowest BCUT2D eigenvalue weighted by Crippen LogP contribution is -2.17. The Labute approximate surface area is 229 Å². The van der Waals surface area contributed by atoms with E-state index < -0.39 is 5.97 Å². The second-order valence-electron chi connectivity index (χ2n) is 8.49. The van der Waals surface area contributed by atoms with Gasteiger partial charge < -0.3 is 14.8 Å². The van der Waals surface area contributed by atoms with Crippen molar-refractivity contribution in [3.05, 3.63) is 63.8 Å². The molecule has 37 heavy (non-hydrogen) atoms. The van der Waals surface area contributed by atoms with Gasteiger partial charge in [-0.15, -0.1) is 28.1 Å². The summed E-state index contributed by atoms with van der Waals surface area (Å²) in [4.78, 5) is 26.7. The van der Waals surface area contributed by atoms with Gasteiger partial charge in [0, 0.05) is 16.4 Å². The van der Waals surface area contributed by atoms with Gasteiger partial charge in [-0.25, -0.2) is 4.79 Å². The van der Waals surface area contributed by atoms with Gasteiger partial charge in [-0.05, 0) is 55.5 Å². The minimum absolute atomic E-state index is 0.108. The molecule has 0 radical (unpaired) electrons. The van der Waals surface area contributed by atoms with Crippen LogP contribution in [0.15, 0.2) is 42.1 Å². The van der Waals surface area contributed by atoms with Crippen LogP contribution in [-0.2, 0) is 35.5 Å². The number of carbonyl (C=O) groups excluding carboxylic acids is 2. The van der Waals surface area contributed by atoms with Gasteiger partial charge in [0.1, 0.15) is 17.4 Å². The van der Waals surface area contributed by atoms with Crippen molar-refractivity contribution in [2.75, 3.05) is 18.2 Å². The van der Waals surface area contributed by atoms with E-state index in [0.29, 0.717) is 38.9 Å². The van der Waals surface area contributed by atoms with Crippen LogP contribution >= 0.6 is 34.7 Å². The van der Waals surface area contributed by atoms with Crippen molar-refractivity contribution in [2.45, 2.75) is 56.8 Å². The van der Waals surface area contributed by atoms with Crippen molar-refractivity contribution in [3.8, 4) is 5.75 Å². The van der Waals surface area contributed by atoms with Gasteiger partial charge in [0.15, 0.2) is 11.0 Å². The summed E-state index contributed by atoms with van der Waals surface area (Å²) in [5, 5.41) is 13.2. The molecule has 3 aromatic rings. The maximum absolute atomic E-state index is 12.9. The third kappa shape index (κ3) is 6.94. The molecule has 1 N–H and O–H groups in total. The number of nitrogens with zero attached hydrogens (tertiary/aromatic N) is 3. The number of hydrogen-bond acceptors (Lipinski definition) is 8. The molecule has 1 aromatic carbocycles. The molecule has 1 aliphatic carbocycles. The minimum atomic E-state index is -0.405. The molecular formula is C26H29ClN4O4S2. The first-order valence-electron chi connectivity index (χ1n) is 12.1. The van der Waals surface area contributed by atoms with E-state index in [0.717, 1.165) is 37.7 Å². The standard InChI is InChI=1S/C26H29ClN4O4S2/c1-3-14-31-21(15-35-18-12-10-17(27)11-13-18)29-30-26(31)36-16-22(32)28-24-23(25(33)34-2)19-8-6-4-5-7-9-20(19)37-24/h3,10-13H,1,4-9,14-16H2,2H3,(H,28,32). The molecule has 8 nitrogen and oxygen atoms in total. The Balaban J connectivity index is 1.43. The number of benzene rings is 1. The number of aromatic nitrogens is 3. The average molecular weight is 561 g/mol. The van der Waals surface area contributed by atoms with Gasteiger partial charge >= 0.3 is 5.97 Å². The molecule has 196 valence electrons. The predicted octanol–water partition coefficient (Wildman–Crippen LogP) is 5.93. The number of aryl methyl sites for hydroxylation is 1. The van der Waals surface area contributed by atoms with Crippen molar-refractivity contribution >= 4 is 51.6 Å². The zero-order chi connectivity index (χ0) is 26.2. The number of anilines is 1. The molecule has 2 heterocycles. The van der Waals surface area contributed by atoms with Crippen LogP contribution in [0.25, 0.3) is 0 Å². The molecule has 1 amide bonds. The van der Waals surface area contributed by atoms with Crippen molar-refractivity contribution < 1.29 is 19.1 Å². The number of ether oxygens (including phenoxy) is 2. The quantitative estimate of drug-likeness (QED) is 0.186. The second-order valence-corrected chi connectivity index (χ2v) is 11.0. The molecule has 0 bridgehead atoms. The largest absolute Gasteiger partial charge is 0.486 e. The van der Waals surface area contributed by atoms with Crippen LogP contribution in [0.5, 0.6) is 5.75 Å². The second kappa shape index (κ2) is 13.1. The van der Waals surface area contributed by atoms with Crippen LogP contribution in [-0.4, -0.2) is 39.5 Å². The molecule has 0 unspecified atom stereocenters. The highest BCUT2D eigenvalue weighted by molar-refractivity contribution is 7.99. The molecule has 4 rings (SSSR count). The average Bonchev–Trinajstić information content (AvgIpc) is 3.42. The highest BCUT2D eigenvalue weighted by Crippen LogP contribution is 2.37. The van der Waals surface area contributed by atoms with Crippen LogP contribution < -0.4 is 10.1 Å². The maximum Gasteiger partial charge on any atom is 0.341 e. The van der Waals surface area contributed by atoms with Crippen molar-refractivity contribution in [1.29, 1.82) is 0 Å². The van der Waals surface area contributed by atoms with Gasteiger partial charge in [-0.3, -0.25) is 9.36 Å². The van der Waals surface area contributed by atoms with E-state index in [9.17, 15) is 9.59 Å². The van der Waals surface area contributed by atoms with Crippen molar-refractivity contribution in [2.24, 2.45) is 0 Å². The number of allylic oxidation sites excluding steroid dienone is 1. The third-order valence-electron chi connectivity index (χ3n) is 5.93. The summed E-state index contributed by atoms with van der Waals surface area (Å²) in [6.45, 7) is 4.49. The Morgan fingerprint density at radius 1 is 1.19 bits per heavy atom. The Hall–Kier alpha value is -2.82. The summed E-state index contributed by atoms with van der Waals surface area (Å²) >= 11 is 8.68. The number of thioether (sulfide) groups is 1. The van der Waals surface area contributed by atoms with Crippen molar-refractivity contribution in [3.63, 3.8) is 0 Å². The van der Waals surface area contributed by atoms with Gasteiger partial charge in [-0.1, -0.05) is 42.3 Å². The number of halogens is 1. The Morgan fingerprint density at radius 2 is 1.95 bits per heavy atom. The van der Waals surface area contributed by atoms with Gasteiger partial charge in [-0.2, -0.15) is 0 Å². The molecule has 11 heteroatoms. The molecule has 0 fully saturated rings. The summed E-state index contributed by atoms with van der Waals surface area (Å²) in [6, 6.07) is 7.07. The van der Waals surface area contributed by atoms with Gasteiger partial charge in [0.25, 0.3) is 0 Å². The number of methoxy groups -OCH3 is 1. The van der Waals surface area contributed by atoms with Crippen LogP contribution in [0.4, 0.5) is 5.00 Å². The molecule has 0 saturated heterocycles. The summed E-state index contributed by atoms with van der Waals surface area (Å²) in [6.07, 6.45) is 7.92. The fourth-order valence-electron chi connectivity index (χ4n) is 4.14. The van der Waals surface area contributed by atoms with E-state index in [1.54, 1.807) is 30.3 Å². The molecule has 0 saturated carbocycles. The lowest BCUT2D eigenvalue weighted by atomic mass is 9.96. The van der Waals surface area contributed by atoms with E-state index in [1.807, 2.05) is 4.57 Å². The molecule has 0 aliphatic heterocycles. The first kappa shape index (κ1) is 27.2. The fraction of sp³-hybridized carbons (Fsp3) is 0.385. The normalized spacial score (nSPS) is 13.2. The SMILES string of the molecule is C=CCn1c(COc2ccc(Cl)cc2)nnc1SCC(=O)Nc1sc2c(c1C(=O)OC)CCCCCC2. The molecule has 1 aliphatic rings. The molecule has 0 atom stereocenters. The summed E-state index contributed by atoms with van der Waals surface area (Å²) in [5.74, 6) is 0.756. The van der Waals surface area contributed by atoms with E-state index in [-0.39, 0.29) is 18.3 Å². The molecular weight excluding hydrogens is 532 g/mol. The van der Waals surface area contributed by atoms with E-state index in [2.05, 4.69) is 22.1 Å². The number of rotatable bonds is 10. The first-order chi connectivity index (χ1) is 18.0. The van der Waals surface area contributed by atoms with Crippen LogP contribution in [0.1, 0.15) is 52.3 Å². The topological polar surface area (TPSA) is 95.3 Å². The zero-order valence-electron chi connectivity index (χ0n) is 20.6. The van der Waals surface area contributed by atoms with E-state index >= 15 is 0 Å². The van der Waals surface area contributed by atoms with Crippen LogP contribution in [0.2, 0.25) is 5.02 Å². The molecule has 2 aromatic heterocycles. The van der Waals surface area contributed by atoms with E-state index in [1.165, 1.54) is 41.5 Å². The van der Waals surface area contributed by atoms with E-state index in [4.69, 9.17) is 21.1 Å². The maximum atomic E-state index is 12.9. The summed E-state index contributed by atoms with van der Waals surface area (Å²) in [7, 11) is 1.37. The summed E-state index contributed by atoms with van der Waals surface area (Å²) < 4.78 is 12.7. The Kier molecular flexibility index (Phi) is 9.65. The number of esters is 1. The predicted molar refractivity (Wildman–Crippen MR) is 147 cm³/mol. The summed E-state index contributed by atoms with van der Waals surface area (Å²) in [5.41, 5.74) is 1.52. The zero-order valence-corrected chi connectivity index (χ0v) is 23.0. The number of carbonyl (C=O) groups is 2. The number of hydrogen-bond donors (Lipinski definition) is 1. The fourth-order valence-corrected chi connectivity index (χ4v) is 6.33. The highest BCUT2D eigenvalue weighted by Gasteiger charge is 2.26. The number of fused-ring (bicyclic) bond motifs is 1. The first-order valence-corrected chi connectivity index (χ1v) is 14.2.